The number of benzene rings is 2. The van der Waals surface area contributed by atoms with Gasteiger partial charge in [0, 0.05) is 32.4 Å². The Hall–Kier alpha value is -3.34. The molecule has 5 heteroatoms. The minimum Gasteiger partial charge on any atom is -0.349 e. The zero-order valence-electron chi connectivity index (χ0n) is 15.8. The van der Waals surface area contributed by atoms with Gasteiger partial charge in [-0.25, -0.2) is 9.78 Å². The van der Waals surface area contributed by atoms with Crippen molar-refractivity contribution >= 4 is 17.5 Å². The fourth-order valence-electron chi connectivity index (χ4n) is 3.51. The van der Waals surface area contributed by atoms with Gasteiger partial charge in [-0.2, -0.15) is 0 Å². The van der Waals surface area contributed by atoms with Gasteiger partial charge in [0.15, 0.2) is 5.82 Å². The molecule has 3 aromatic rings. The molecule has 0 aliphatic carbocycles. The van der Waals surface area contributed by atoms with Gasteiger partial charge in [0.2, 0.25) is 0 Å². The first-order valence-corrected chi connectivity index (χ1v) is 9.64. The van der Waals surface area contributed by atoms with Gasteiger partial charge in [-0.05, 0) is 29.7 Å². The Morgan fingerprint density at radius 3 is 2.36 bits per heavy atom. The van der Waals surface area contributed by atoms with Crippen molar-refractivity contribution in [2.75, 3.05) is 29.4 Å². The van der Waals surface area contributed by atoms with Crippen LogP contribution in [0.15, 0.2) is 79.0 Å². The number of pyridine rings is 1. The Bertz CT molecular complexity index is 914. The molecule has 0 radical (unpaired) electrons. The standard InChI is InChI=1S/C23H24N4O/c28-23(25-15-13-19-8-3-1-4-9-19)27-17-16-26(18-20-10-5-2-6-11-20)22-21(27)12-7-14-24-22/h1-12,14H,13,15-18H2,(H,25,28). The lowest BCUT2D eigenvalue weighted by Gasteiger charge is -2.36. The molecule has 4 rings (SSSR count). The SMILES string of the molecule is O=C(NCCc1ccccc1)N1CCN(Cc2ccccc2)c2ncccc21. The largest absolute Gasteiger partial charge is 0.349 e. The van der Waals surface area contributed by atoms with Crippen molar-refractivity contribution in [3.63, 3.8) is 0 Å². The predicted octanol–water partition coefficient (Wildman–Crippen LogP) is 3.86. The molecule has 0 unspecified atom stereocenters. The molecule has 2 aromatic carbocycles. The van der Waals surface area contributed by atoms with Crippen molar-refractivity contribution < 1.29 is 4.79 Å². The number of amides is 2. The number of nitrogens with one attached hydrogen (secondary N) is 1. The van der Waals surface area contributed by atoms with Gasteiger partial charge in [0.25, 0.3) is 0 Å². The first-order chi connectivity index (χ1) is 13.8. The Labute approximate surface area is 165 Å². The van der Waals surface area contributed by atoms with Crippen molar-refractivity contribution in [1.82, 2.24) is 10.3 Å². The Kier molecular flexibility index (Phi) is 5.52. The van der Waals surface area contributed by atoms with Crippen LogP contribution in [0.5, 0.6) is 0 Å². The number of hydrogen-bond acceptors (Lipinski definition) is 3. The molecule has 0 saturated carbocycles. The lowest BCUT2D eigenvalue weighted by atomic mass is 10.1. The minimum absolute atomic E-state index is 0.0652. The molecule has 28 heavy (non-hydrogen) atoms. The summed E-state index contributed by atoms with van der Waals surface area (Å²) in [6, 6.07) is 24.3. The average molecular weight is 372 g/mol. The number of hydrogen-bond donors (Lipinski definition) is 1. The van der Waals surface area contributed by atoms with Crippen molar-refractivity contribution in [3.05, 3.63) is 90.1 Å². The Morgan fingerprint density at radius 1 is 0.893 bits per heavy atom. The predicted molar refractivity (Wildman–Crippen MR) is 113 cm³/mol. The van der Waals surface area contributed by atoms with E-state index in [-0.39, 0.29) is 6.03 Å². The third-order valence-electron chi connectivity index (χ3n) is 4.94. The van der Waals surface area contributed by atoms with Crippen molar-refractivity contribution in [2.45, 2.75) is 13.0 Å². The first kappa shape index (κ1) is 18.0. The highest BCUT2D eigenvalue weighted by Crippen LogP contribution is 2.31. The molecule has 0 bridgehead atoms. The third kappa shape index (κ3) is 4.14. The van der Waals surface area contributed by atoms with E-state index in [0.29, 0.717) is 13.1 Å². The second-order valence-corrected chi connectivity index (χ2v) is 6.87. The van der Waals surface area contributed by atoms with E-state index in [0.717, 1.165) is 31.0 Å². The highest BCUT2D eigenvalue weighted by atomic mass is 16.2. The molecular weight excluding hydrogens is 348 g/mol. The smallest absolute Gasteiger partial charge is 0.322 e. The molecule has 1 N–H and O–H groups in total. The number of nitrogens with zero attached hydrogens (tertiary/aromatic N) is 3. The van der Waals surface area contributed by atoms with Crippen LogP contribution in [-0.2, 0) is 13.0 Å². The van der Waals surface area contributed by atoms with Crippen LogP contribution in [0.1, 0.15) is 11.1 Å². The summed E-state index contributed by atoms with van der Waals surface area (Å²) in [5, 5.41) is 3.05. The number of carbonyl (C=O) groups excluding carboxylic acids is 1. The van der Waals surface area contributed by atoms with Gasteiger partial charge in [0.1, 0.15) is 0 Å². The van der Waals surface area contributed by atoms with Gasteiger partial charge < -0.3 is 10.2 Å². The summed E-state index contributed by atoms with van der Waals surface area (Å²) in [5.74, 6) is 0.857. The number of aromatic nitrogens is 1. The lowest BCUT2D eigenvalue weighted by molar-refractivity contribution is 0.246. The fourth-order valence-corrected chi connectivity index (χ4v) is 3.51. The molecule has 0 spiro atoms. The van der Waals surface area contributed by atoms with E-state index in [9.17, 15) is 4.79 Å². The maximum Gasteiger partial charge on any atom is 0.322 e. The minimum atomic E-state index is -0.0652. The molecule has 1 aliphatic rings. The number of rotatable bonds is 5. The van der Waals surface area contributed by atoms with Crippen LogP contribution in [0.2, 0.25) is 0 Å². The average Bonchev–Trinajstić information content (AvgIpc) is 2.75. The molecule has 0 saturated heterocycles. The van der Waals surface area contributed by atoms with Crippen LogP contribution in [-0.4, -0.2) is 30.6 Å². The van der Waals surface area contributed by atoms with Crippen LogP contribution < -0.4 is 15.1 Å². The number of urea groups is 1. The Balaban J connectivity index is 1.43. The maximum atomic E-state index is 12.8. The summed E-state index contributed by atoms with van der Waals surface area (Å²) in [6.45, 7) is 2.80. The lowest BCUT2D eigenvalue weighted by Crippen LogP contribution is -2.48. The third-order valence-corrected chi connectivity index (χ3v) is 4.94. The number of fused-ring (bicyclic) bond motifs is 1. The molecule has 5 nitrogen and oxygen atoms in total. The van der Waals surface area contributed by atoms with Crippen molar-refractivity contribution in [2.24, 2.45) is 0 Å². The summed E-state index contributed by atoms with van der Waals surface area (Å²) in [7, 11) is 0. The second-order valence-electron chi connectivity index (χ2n) is 6.87. The van der Waals surface area contributed by atoms with E-state index in [2.05, 4.69) is 39.5 Å². The van der Waals surface area contributed by atoms with Crippen LogP contribution in [0.4, 0.5) is 16.3 Å². The Morgan fingerprint density at radius 2 is 1.61 bits per heavy atom. The summed E-state index contributed by atoms with van der Waals surface area (Å²) in [6.07, 6.45) is 2.61. The topological polar surface area (TPSA) is 48.5 Å². The van der Waals surface area contributed by atoms with Crippen molar-refractivity contribution in [1.29, 1.82) is 0 Å². The van der Waals surface area contributed by atoms with Gasteiger partial charge in [0.05, 0.1) is 5.69 Å². The first-order valence-electron chi connectivity index (χ1n) is 9.64. The highest BCUT2D eigenvalue weighted by molar-refractivity contribution is 5.96. The van der Waals surface area contributed by atoms with Gasteiger partial charge in [-0.3, -0.25) is 4.90 Å². The summed E-state index contributed by atoms with van der Waals surface area (Å²) in [5.41, 5.74) is 3.32. The molecule has 2 amide bonds. The van der Waals surface area contributed by atoms with Crippen molar-refractivity contribution in [3.8, 4) is 0 Å². The van der Waals surface area contributed by atoms with Gasteiger partial charge >= 0.3 is 6.03 Å². The summed E-state index contributed by atoms with van der Waals surface area (Å²) < 4.78 is 0. The number of carbonyl (C=O) groups is 1. The molecule has 2 heterocycles. The molecular formula is C23H24N4O. The van der Waals surface area contributed by atoms with E-state index >= 15 is 0 Å². The van der Waals surface area contributed by atoms with E-state index in [1.807, 2.05) is 48.5 Å². The molecule has 0 atom stereocenters. The van der Waals surface area contributed by atoms with Crippen LogP contribution in [0.25, 0.3) is 0 Å². The monoisotopic (exact) mass is 372 g/mol. The van der Waals surface area contributed by atoms with E-state index < -0.39 is 0 Å². The van der Waals surface area contributed by atoms with Crippen LogP contribution in [0, 0.1) is 0 Å². The molecule has 1 aliphatic heterocycles. The molecule has 142 valence electrons. The van der Waals surface area contributed by atoms with Crippen LogP contribution in [0.3, 0.4) is 0 Å². The van der Waals surface area contributed by atoms with Gasteiger partial charge in [-0.1, -0.05) is 60.7 Å². The van der Waals surface area contributed by atoms with E-state index in [4.69, 9.17) is 0 Å². The quantitative estimate of drug-likeness (QED) is 0.740. The number of anilines is 2. The summed E-state index contributed by atoms with van der Waals surface area (Å²) >= 11 is 0. The van der Waals surface area contributed by atoms with E-state index in [1.165, 1.54) is 11.1 Å². The zero-order chi connectivity index (χ0) is 19.2. The normalized spacial score (nSPS) is 13.1. The fraction of sp³-hybridized carbons (Fsp3) is 0.217. The zero-order valence-corrected chi connectivity index (χ0v) is 15.8. The second kappa shape index (κ2) is 8.57. The van der Waals surface area contributed by atoms with E-state index in [1.54, 1.807) is 11.1 Å². The summed E-state index contributed by atoms with van der Waals surface area (Å²) in [4.78, 5) is 21.4. The van der Waals surface area contributed by atoms with Gasteiger partial charge in [-0.15, -0.1) is 0 Å². The molecule has 1 aromatic heterocycles. The molecule has 0 fully saturated rings. The maximum absolute atomic E-state index is 12.8. The van der Waals surface area contributed by atoms with Crippen LogP contribution >= 0.6 is 0 Å². The highest BCUT2D eigenvalue weighted by Gasteiger charge is 2.27.